The van der Waals surface area contributed by atoms with E-state index in [4.69, 9.17) is 9.47 Å². The largest absolute Gasteiger partial charge is 0.454 e. The van der Waals surface area contributed by atoms with Crippen LogP contribution in [-0.2, 0) is 4.79 Å². The first-order valence-electron chi connectivity index (χ1n) is 7.94. The molecule has 132 valence electrons. The Morgan fingerprint density at radius 1 is 1.08 bits per heavy atom. The summed E-state index contributed by atoms with van der Waals surface area (Å²) in [6, 6.07) is 14.5. The summed E-state index contributed by atoms with van der Waals surface area (Å²) in [7, 11) is 0. The molecule has 0 atom stereocenters. The van der Waals surface area contributed by atoms with Crippen LogP contribution in [0.3, 0.4) is 0 Å². The molecule has 0 unspecified atom stereocenters. The number of rotatable bonds is 6. The number of hydrazone groups is 1. The Kier molecular flexibility index (Phi) is 5.61. The van der Waals surface area contributed by atoms with Crippen LogP contribution in [0.4, 0.5) is 0 Å². The average Bonchev–Trinajstić information content (AvgIpc) is 3.14. The molecular formula is C19H17N3O4. The molecule has 0 radical (unpaired) electrons. The van der Waals surface area contributed by atoms with Crippen LogP contribution in [0, 0.1) is 0 Å². The Bertz CT molecular complexity index is 847. The molecule has 0 aliphatic carbocycles. The topological polar surface area (TPSA) is 89.0 Å². The van der Waals surface area contributed by atoms with Crippen molar-refractivity contribution in [2.45, 2.75) is 0 Å². The van der Waals surface area contributed by atoms with E-state index in [1.165, 1.54) is 6.21 Å². The number of allylic oxidation sites excluding steroid dienone is 1. The molecule has 3 rings (SSSR count). The van der Waals surface area contributed by atoms with Gasteiger partial charge in [0.05, 0.1) is 6.54 Å². The second-order valence-corrected chi connectivity index (χ2v) is 5.33. The third-order valence-electron chi connectivity index (χ3n) is 3.48. The van der Waals surface area contributed by atoms with Gasteiger partial charge in [0.25, 0.3) is 11.8 Å². The Morgan fingerprint density at radius 2 is 1.88 bits per heavy atom. The van der Waals surface area contributed by atoms with E-state index in [9.17, 15) is 9.59 Å². The van der Waals surface area contributed by atoms with Gasteiger partial charge in [-0.15, -0.1) is 0 Å². The minimum atomic E-state index is -0.427. The molecule has 7 nitrogen and oxygen atoms in total. The number of carbonyl (C=O) groups is 2. The fraction of sp³-hybridized carbons (Fsp3) is 0.105. The quantitative estimate of drug-likeness (QED) is 0.615. The summed E-state index contributed by atoms with van der Waals surface area (Å²) in [5.41, 5.74) is 3.75. The smallest absolute Gasteiger partial charge is 0.259 e. The van der Waals surface area contributed by atoms with Crippen molar-refractivity contribution in [3.8, 4) is 11.5 Å². The van der Waals surface area contributed by atoms with E-state index in [1.54, 1.807) is 24.3 Å². The molecule has 0 saturated heterocycles. The van der Waals surface area contributed by atoms with Gasteiger partial charge in [-0.3, -0.25) is 9.59 Å². The zero-order valence-electron chi connectivity index (χ0n) is 13.8. The zero-order chi connectivity index (χ0) is 18.2. The predicted molar refractivity (Wildman–Crippen MR) is 97.0 cm³/mol. The second kappa shape index (κ2) is 8.48. The Hall–Kier alpha value is -3.61. The molecule has 2 amide bonds. The number of ether oxygens (including phenoxy) is 2. The highest BCUT2D eigenvalue weighted by atomic mass is 16.7. The number of amides is 2. The number of hydrogen-bond acceptors (Lipinski definition) is 5. The molecule has 26 heavy (non-hydrogen) atoms. The lowest BCUT2D eigenvalue weighted by molar-refractivity contribution is -0.120. The van der Waals surface area contributed by atoms with Crippen LogP contribution in [0.1, 0.15) is 15.9 Å². The molecular weight excluding hydrogens is 334 g/mol. The van der Waals surface area contributed by atoms with Crippen LogP contribution in [0.2, 0.25) is 0 Å². The van der Waals surface area contributed by atoms with E-state index >= 15 is 0 Å². The summed E-state index contributed by atoms with van der Waals surface area (Å²) in [6.07, 6.45) is 5.03. The van der Waals surface area contributed by atoms with Crippen molar-refractivity contribution < 1.29 is 19.1 Å². The molecule has 1 aliphatic heterocycles. The average molecular weight is 351 g/mol. The molecule has 7 heteroatoms. The van der Waals surface area contributed by atoms with Gasteiger partial charge in [-0.05, 0) is 29.8 Å². The SMILES string of the molecule is O=C(CNC(=O)c1ccc2c(c1)OCO2)N/N=C/C=C/c1ccccc1. The number of benzene rings is 2. The van der Waals surface area contributed by atoms with E-state index in [0.717, 1.165) is 5.56 Å². The van der Waals surface area contributed by atoms with Gasteiger partial charge in [0.1, 0.15) is 0 Å². The second-order valence-electron chi connectivity index (χ2n) is 5.33. The van der Waals surface area contributed by atoms with Crippen LogP contribution in [0.25, 0.3) is 6.08 Å². The molecule has 0 fully saturated rings. The van der Waals surface area contributed by atoms with Gasteiger partial charge >= 0.3 is 0 Å². The van der Waals surface area contributed by atoms with Crippen molar-refractivity contribution in [1.82, 2.24) is 10.7 Å². The maximum absolute atomic E-state index is 12.0. The summed E-state index contributed by atoms with van der Waals surface area (Å²) in [5.74, 6) is 0.295. The van der Waals surface area contributed by atoms with Crippen LogP contribution in [0.5, 0.6) is 11.5 Å². The highest BCUT2D eigenvalue weighted by Crippen LogP contribution is 2.32. The third-order valence-corrected chi connectivity index (χ3v) is 3.48. The summed E-state index contributed by atoms with van der Waals surface area (Å²) in [4.78, 5) is 23.7. The van der Waals surface area contributed by atoms with Crippen molar-refractivity contribution >= 4 is 24.1 Å². The molecule has 0 bridgehead atoms. The molecule has 1 heterocycles. The highest BCUT2D eigenvalue weighted by molar-refractivity contribution is 5.97. The van der Waals surface area contributed by atoms with Gasteiger partial charge in [-0.1, -0.05) is 36.4 Å². The van der Waals surface area contributed by atoms with Crippen LogP contribution in [0.15, 0.2) is 59.7 Å². The van der Waals surface area contributed by atoms with Crippen LogP contribution in [-0.4, -0.2) is 31.4 Å². The van der Waals surface area contributed by atoms with E-state index in [-0.39, 0.29) is 19.2 Å². The maximum Gasteiger partial charge on any atom is 0.259 e. The minimum absolute atomic E-state index is 0.138. The van der Waals surface area contributed by atoms with E-state index in [0.29, 0.717) is 17.1 Å². The van der Waals surface area contributed by atoms with Crippen molar-refractivity contribution in [3.63, 3.8) is 0 Å². The van der Waals surface area contributed by atoms with Gasteiger partial charge in [0.15, 0.2) is 11.5 Å². The lowest BCUT2D eigenvalue weighted by Gasteiger charge is -2.05. The predicted octanol–water partition coefficient (Wildman–Crippen LogP) is 1.96. The Balaban J connectivity index is 1.41. The minimum Gasteiger partial charge on any atom is -0.454 e. The summed E-state index contributed by atoms with van der Waals surface area (Å²) < 4.78 is 10.4. The zero-order valence-corrected chi connectivity index (χ0v) is 13.8. The van der Waals surface area contributed by atoms with Crippen molar-refractivity contribution in [1.29, 1.82) is 0 Å². The molecule has 0 aromatic heterocycles. The van der Waals surface area contributed by atoms with Gasteiger partial charge in [0, 0.05) is 11.8 Å². The number of carbonyl (C=O) groups excluding carboxylic acids is 2. The van der Waals surface area contributed by atoms with E-state index in [2.05, 4.69) is 15.8 Å². The fourth-order valence-electron chi connectivity index (χ4n) is 2.21. The number of nitrogens with zero attached hydrogens (tertiary/aromatic N) is 1. The fourth-order valence-corrected chi connectivity index (χ4v) is 2.21. The van der Waals surface area contributed by atoms with Gasteiger partial charge < -0.3 is 14.8 Å². The lowest BCUT2D eigenvalue weighted by Crippen LogP contribution is -2.34. The number of fused-ring (bicyclic) bond motifs is 1. The van der Waals surface area contributed by atoms with E-state index < -0.39 is 5.91 Å². The first kappa shape index (κ1) is 17.2. The molecule has 2 aromatic carbocycles. The molecule has 1 aliphatic rings. The maximum atomic E-state index is 12.0. The third kappa shape index (κ3) is 4.70. The summed E-state index contributed by atoms with van der Waals surface area (Å²) >= 11 is 0. The molecule has 2 N–H and O–H groups in total. The first-order chi connectivity index (χ1) is 12.7. The highest BCUT2D eigenvalue weighted by Gasteiger charge is 2.16. The molecule has 0 saturated carbocycles. The van der Waals surface area contributed by atoms with Gasteiger partial charge in [-0.2, -0.15) is 5.10 Å². The lowest BCUT2D eigenvalue weighted by atomic mass is 10.2. The Labute approximate surface area is 150 Å². The normalized spacial score (nSPS) is 12.5. The monoisotopic (exact) mass is 351 g/mol. The van der Waals surface area contributed by atoms with Crippen LogP contribution >= 0.6 is 0 Å². The number of hydrogen-bond donors (Lipinski definition) is 2. The molecule has 0 spiro atoms. The summed E-state index contributed by atoms with van der Waals surface area (Å²) in [5, 5.41) is 6.30. The number of nitrogens with one attached hydrogen (secondary N) is 2. The van der Waals surface area contributed by atoms with Gasteiger partial charge in [0.2, 0.25) is 6.79 Å². The van der Waals surface area contributed by atoms with Crippen molar-refractivity contribution in [2.75, 3.05) is 13.3 Å². The summed E-state index contributed by atoms with van der Waals surface area (Å²) in [6.45, 7) is -0.0491. The van der Waals surface area contributed by atoms with Crippen molar-refractivity contribution in [3.05, 3.63) is 65.7 Å². The van der Waals surface area contributed by atoms with Crippen LogP contribution < -0.4 is 20.2 Å². The van der Waals surface area contributed by atoms with Crippen molar-refractivity contribution in [2.24, 2.45) is 5.10 Å². The standard InChI is InChI=1S/C19H17N3O4/c23-18(22-21-10-4-7-14-5-2-1-3-6-14)12-20-19(24)15-8-9-16-17(11-15)26-13-25-16/h1-11H,12-13H2,(H,20,24)(H,22,23)/b7-4+,21-10+. The van der Waals surface area contributed by atoms with E-state index in [1.807, 2.05) is 36.4 Å². The Morgan fingerprint density at radius 3 is 2.73 bits per heavy atom. The molecule has 2 aromatic rings. The van der Waals surface area contributed by atoms with Gasteiger partial charge in [-0.25, -0.2) is 5.43 Å². The first-order valence-corrected chi connectivity index (χ1v) is 7.94.